The summed E-state index contributed by atoms with van der Waals surface area (Å²) in [6.45, 7) is 8.26. The Morgan fingerprint density at radius 1 is 1.06 bits per heavy atom. The fourth-order valence-electron chi connectivity index (χ4n) is 4.87. The fourth-order valence-corrected chi connectivity index (χ4v) is 4.87. The minimum Gasteiger partial charge on any atom is -0.365 e. The number of nitrogens with one attached hydrogen (secondary N) is 1. The predicted molar refractivity (Wildman–Crippen MR) is 140 cm³/mol. The number of rotatable bonds is 7. The van der Waals surface area contributed by atoms with E-state index >= 15 is 0 Å². The summed E-state index contributed by atoms with van der Waals surface area (Å²) in [6, 6.07) is 21.0. The van der Waals surface area contributed by atoms with Gasteiger partial charge in [-0.1, -0.05) is 35.9 Å². The minimum absolute atomic E-state index is 0.698. The number of para-hydroxylation sites is 1. The van der Waals surface area contributed by atoms with E-state index in [9.17, 15) is 0 Å². The van der Waals surface area contributed by atoms with Gasteiger partial charge in [-0.05, 0) is 80.5 Å². The van der Waals surface area contributed by atoms with Crippen molar-refractivity contribution in [3.05, 3.63) is 82.4 Å². The third kappa shape index (κ3) is 4.36. The summed E-state index contributed by atoms with van der Waals surface area (Å²) >= 11 is 0. The summed E-state index contributed by atoms with van der Waals surface area (Å²) < 4.78 is 2.18. The summed E-state index contributed by atoms with van der Waals surface area (Å²) in [5.41, 5.74) is 10.1. The van der Waals surface area contributed by atoms with E-state index < -0.39 is 0 Å². The van der Waals surface area contributed by atoms with Crippen LogP contribution < -0.4 is 10.2 Å². The van der Waals surface area contributed by atoms with Crippen LogP contribution in [-0.4, -0.2) is 16.1 Å². The molecule has 1 N–H and O–H groups in total. The fraction of sp³-hybridized carbons (Fsp3) is 0.310. The van der Waals surface area contributed by atoms with Crippen molar-refractivity contribution in [2.75, 3.05) is 16.8 Å². The number of fused-ring (bicyclic) bond motifs is 1. The topological polar surface area (TPSA) is 56.9 Å². The number of hydrogen-bond acceptors (Lipinski definition) is 4. The van der Waals surface area contributed by atoms with Gasteiger partial charge in [0.1, 0.15) is 0 Å². The first-order valence-corrected chi connectivity index (χ1v) is 12.0. The van der Waals surface area contributed by atoms with Crippen molar-refractivity contribution in [3.8, 4) is 6.07 Å². The highest BCUT2D eigenvalue weighted by molar-refractivity contribution is 5.91. The van der Waals surface area contributed by atoms with Crippen molar-refractivity contribution in [1.82, 2.24) is 9.55 Å². The van der Waals surface area contributed by atoms with Crippen LogP contribution in [0.2, 0.25) is 0 Å². The molecule has 1 aliphatic rings. The predicted octanol–water partition coefficient (Wildman–Crippen LogP) is 6.53. The molecular formula is C29H31N5. The monoisotopic (exact) mass is 449 g/mol. The summed E-state index contributed by atoms with van der Waals surface area (Å²) in [4.78, 5) is 7.45. The molecular weight excluding hydrogens is 418 g/mol. The van der Waals surface area contributed by atoms with E-state index in [1.807, 2.05) is 12.1 Å². The van der Waals surface area contributed by atoms with E-state index in [0.29, 0.717) is 5.56 Å². The average molecular weight is 450 g/mol. The first-order chi connectivity index (χ1) is 16.4. The molecule has 0 spiro atoms. The second kappa shape index (κ2) is 8.87. The standard InChI is InChI=1S/C29H31N5/c1-19-14-20(2)27(21(3)15-19)32-29-31-25-6-5-7-26(28(25)33(29)4)34(18-24-12-13-24)17-23-10-8-22(16-30)9-11-23/h5-11,14-15,24H,12-13,17-18H2,1-4H3,(H,31,32). The largest absolute Gasteiger partial charge is 0.365 e. The zero-order valence-electron chi connectivity index (χ0n) is 20.4. The lowest BCUT2D eigenvalue weighted by molar-refractivity contribution is 0.723. The second-order valence-corrected chi connectivity index (χ2v) is 9.67. The van der Waals surface area contributed by atoms with Crippen molar-refractivity contribution in [3.63, 3.8) is 0 Å². The van der Waals surface area contributed by atoms with E-state index in [1.165, 1.54) is 40.8 Å². The van der Waals surface area contributed by atoms with Gasteiger partial charge in [0.15, 0.2) is 0 Å². The lowest BCUT2D eigenvalue weighted by Crippen LogP contribution is -2.25. The molecule has 34 heavy (non-hydrogen) atoms. The molecule has 1 heterocycles. The number of aryl methyl sites for hydroxylation is 4. The zero-order chi connectivity index (χ0) is 23.8. The number of anilines is 3. The molecule has 3 aromatic carbocycles. The molecule has 0 amide bonds. The number of aromatic nitrogens is 2. The highest BCUT2D eigenvalue weighted by Crippen LogP contribution is 2.36. The van der Waals surface area contributed by atoms with Crippen LogP contribution in [0.4, 0.5) is 17.3 Å². The second-order valence-electron chi connectivity index (χ2n) is 9.67. The molecule has 0 aliphatic heterocycles. The van der Waals surface area contributed by atoms with Crippen LogP contribution in [0.15, 0.2) is 54.6 Å². The maximum Gasteiger partial charge on any atom is 0.208 e. The molecule has 0 atom stereocenters. The van der Waals surface area contributed by atoms with E-state index in [1.54, 1.807) is 0 Å². The zero-order valence-corrected chi connectivity index (χ0v) is 20.4. The van der Waals surface area contributed by atoms with Crippen LogP contribution >= 0.6 is 0 Å². The average Bonchev–Trinajstić information content (AvgIpc) is 3.58. The van der Waals surface area contributed by atoms with Crippen molar-refractivity contribution in [2.24, 2.45) is 13.0 Å². The van der Waals surface area contributed by atoms with Crippen molar-refractivity contribution in [2.45, 2.75) is 40.2 Å². The van der Waals surface area contributed by atoms with Gasteiger partial charge in [0.2, 0.25) is 5.95 Å². The molecule has 0 unspecified atom stereocenters. The van der Waals surface area contributed by atoms with Crippen molar-refractivity contribution in [1.29, 1.82) is 5.26 Å². The quantitative estimate of drug-likeness (QED) is 0.348. The van der Waals surface area contributed by atoms with E-state index in [-0.39, 0.29) is 0 Å². The van der Waals surface area contributed by atoms with Gasteiger partial charge < -0.3 is 14.8 Å². The smallest absolute Gasteiger partial charge is 0.208 e. The Labute approximate surface area is 201 Å². The van der Waals surface area contributed by atoms with E-state index in [4.69, 9.17) is 10.2 Å². The number of nitrogens with zero attached hydrogens (tertiary/aromatic N) is 4. The van der Waals surface area contributed by atoms with Crippen LogP contribution in [0.3, 0.4) is 0 Å². The minimum atomic E-state index is 0.698. The molecule has 0 radical (unpaired) electrons. The van der Waals surface area contributed by atoms with Gasteiger partial charge in [-0.3, -0.25) is 0 Å². The molecule has 1 saturated carbocycles. The Hall–Kier alpha value is -3.78. The highest BCUT2D eigenvalue weighted by atomic mass is 15.2. The van der Waals surface area contributed by atoms with Gasteiger partial charge in [-0.15, -0.1) is 0 Å². The summed E-state index contributed by atoms with van der Waals surface area (Å²) in [6.07, 6.45) is 2.59. The lowest BCUT2D eigenvalue weighted by Gasteiger charge is -2.26. The Morgan fingerprint density at radius 3 is 2.41 bits per heavy atom. The third-order valence-corrected chi connectivity index (χ3v) is 6.76. The van der Waals surface area contributed by atoms with Gasteiger partial charge >= 0.3 is 0 Å². The Morgan fingerprint density at radius 2 is 1.76 bits per heavy atom. The van der Waals surface area contributed by atoms with Crippen LogP contribution in [0.1, 0.15) is 40.7 Å². The van der Waals surface area contributed by atoms with Crippen molar-refractivity contribution < 1.29 is 0 Å². The van der Waals surface area contributed by atoms with E-state index in [2.05, 4.69) is 91.1 Å². The van der Waals surface area contributed by atoms with Crippen LogP contribution in [-0.2, 0) is 13.6 Å². The first-order valence-electron chi connectivity index (χ1n) is 12.0. The molecule has 0 saturated heterocycles. The Kier molecular flexibility index (Phi) is 5.75. The molecule has 1 aliphatic carbocycles. The number of benzene rings is 3. The summed E-state index contributed by atoms with van der Waals surface area (Å²) in [5, 5.41) is 12.8. The van der Waals surface area contributed by atoms with Crippen LogP contribution in [0.5, 0.6) is 0 Å². The van der Waals surface area contributed by atoms with Crippen LogP contribution in [0, 0.1) is 38.0 Å². The lowest BCUT2D eigenvalue weighted by atomic mass is 10.1. The van der Waals surface area contributed by atoms with Crippen LogP contribution in [0.25, 0.3) is 11.0 Å². The van der Waals surface area contributed by atoms with Gasteiger partial charge in [0.05, 0.1) is 28.4 Å². The summed E-state index contributed by atoms with van der Waals surface area (Å²) in [5.74, 6) is 1.60. The van der Waals surface area contributed by atoms with Gasteiger partial charge in [-0.25, -0.2) is 4.98 Å². The molecule has 1 aromatic heterocycles. The molecule has 5 heteroatoms. The van der Waals surface area contributed by atoms with Crippen molar-refractivity contribution >= 4 is 28.4 Å². The molecule has 4 aromatic rings. The molecule has 1 fully saturated rings. The molecule has 5 rings (SSSR count). The first kappa shape index (κ1) is 22.0. The SMILES string of the molecule is Cc1cc(C)c(Nc2nc3cccc(N(Cc4ccc(C#N)cc4)CC4CC4)c3n2C)c(C)c1. The van der Waals surface area contributed by atoms with E-state index in [0.717, 1.165) is 41.7 Å². The molecule has 0 bridgehead atoms. The van der Waals surface area contributed by atoms with Gasteiger partial charge in [-0.2, -0.15) is 5.26 Å². The number of nitriles is 1. The number of hydrogen-bond donors (Lipinski definition) is 1. The number of imidazole rings is 1. The maximum atomic E-state index is 9.14. The van der Waals surface area contributed by atoms with Gasteiger partial charge in [0, 0.05) is 25.8 Å². The Balaban J connectivity index is 1.53. The van der Waals surface area contributed by atoms with Gasteiger partial charge in [0.25, 0.3) is 0 Å². The molecule has 172 valence electrons. The summed E-state index contributed by atoms with van der Waals surface area (Å²) in [7, 11) is 2.09. The third-order valence-electron chi connectivity index (χ3n) is 6.76. The maximum absolute atomic E-state index is 9.14. The molecule has 5 nitrogen and oxygen atoms in total. The highest BCUT2D eigenvalue weighted by Gasteiger charge is 2.26. The normalized spacial score (nSPS) is 13.1. The Bertz CT molecular complexity index is 1360.